The average Bonchev–Trinajstić information content (AvgIpc) is 3.22. The average molecular weight is 443 g/mol. The van der Waals surface area contributed by atoms with Crippen LogP contribution in [0.15, 0.2) is 59.4 Å². The van der Waals surface area contributed by atoms with E-state index >= 15 is 0 Å². The second kappa shape index (κ2) is 9.02. The van der Waals surface area contributed by atoms with Crippen molar-refractivity contribution >= 4 is 28.4 Å². The number of amidine groups is 1. The molecule has 0 aliphatic carbocycles. The molecule has 0 saturated heterocycles. The standard InChI is InChI=1S/C26H30N6O/c1-16-9-21-20(13-23(16)33-5)22(30-15-29-21)11-17-7-6-8-19(10-17)31-25(27)32-24-12-18(14-28-24)26(2,3)4/h6-10,12-13,15H,11,14H2,1-5H3,(H3,27,28,31,32). The first kappa shape index (κ1) is 22.5. The zero-order valence-electron chi connectivity index (χ0n) is 19.8. The van der Waals surface area contributed by atoms with Gasteiger partial charge in [0.1, 0.15) is 17.9 Å². The molecule has 3 aromatic rings. The van der Waals surface area contributed by atoms with E-state index in [1.807, 2.05) is 43.3 Å². The Bertz CT molecular complexity index is 1270. The molecule has 0 unspecified atom stereocenters. The van der Waals surface area contributed by atoms with Crippen molar-refractivity contribution in [3.8, 4) is 5.75 Å². The van der Waals surface area contributed by atoms with Gasteiger partial charge in [-0.15, -0.1) is 0 Å². The third kappa shape index (κ3) is 5.19. The molecule has 0 bridgehead atoms. The third-order valence-electron chi connectivity index (χ3n) is 5.75. The number of ether oxygens (including phenoxy) is 1. The van der Waals surface area contributed by atoms with E-state index in [1.165, 1.54) is 5.57 Å². The number of hydrogen-bond acceptors (Lipinski definition) is 5. The predicted molar refractivity (Wildman–Crippen MR) is 134 cm³/mol. The number of hydrogen-bond donors (Lipinski definition) is 3. The van der Waals surface area contributed by atoms with E-state index in [0.29, 0.717) is 18.8 Å². The van der Waals surface area contributed by atoms with Gasteiger partial charge in [0.25, 0.3) is 0 Å². The van der Waals surface area contributed by atoms with Crippen LogP contribution in [0.25, 0.3) is 10.9 Å². The molecule has 0 fully saturated rings. The van der Waals surface area contributed by atoms with Crippen LogP contribution >= 0.6 is 0 Å². The molecule has 170 valence electrons. The van der Waals surface area contributed by atoms with Crippen LogP contribution in [0.5, 0.6) is 5.75 Å². The van der Waals surface area contributed by atoms with Crippen LogP contribution in [0.2, 0.25) is 0 Å². The van der Waals surface area contributed by atoms with Crippen molar-refractivity contribution in [1.82, 2.24) is 15.3 Å². The van der Waals surface area contributed by atoms with E-state index in [4.69, 9.17) is 10.1 Å². The number of aryl methyl sites for hydroxylation is 1. The lowest BCUT2D eigenvalue weighted by Gasteiger charge is -2.18. The molecule has 33 heavy (non-hydrogen) atoms. The number of nitrogens with zero attached hydrogens (tertiary/aromatic N) is 3. The Balaban J connectivity index is 1.48. The molecular formula is C26H30N6O. The minimum Gasteiger partial charge on any atom is -0.496 e. The normalized spacial score (nSPS) is 13.5. The molecule has 3 N–H and O–H groups in total. The Kier molecular flexibility index (Phi) is 6.14. The molecule has 0 atom stereocenters. The van der Waals surface area contributed by atoms with Gasteiger partial charge in [-0.2, -0.15) is 0 Å². The SMILES string of the molecule is COc1cc2c(Cc3cccc(NC(=N)NC4=NCC(C(C)(C)C)=C4)c3)ncnc2cc1C. The second-order valence-electron chi connectivity index (χ2n) is 9.28. The van der Waals surface area contributed by atoms with Gasteiger partial charge in [0.15, 0.2) is 5.96 Å². The van der Waals surface area contributed by atoms with Crippen molar-refractivity contribution < 1.29 is 4.74 Å². The summed E-state index contributed by atoms with van der Waals surface area (Å²) in [5, 5.41) is 15.5. The molecule has 0 radical (unpaired) electrons. The first-order chi connectivity index (χ1) is 15.7. The number of anilines is 1. The van der Waals surface area contributed by atoms with Crippen LogP contribution in [0, 0.1) is 17.7 Å². The molecule has 2 aromatic carbocycles. The van der Waals surface area contributed by atoms with E-state index in [9.17, 15) is 0 Å². The number of benzene rings is 2. The van der Waals surface area contributed by atoms with E-state index < -0.39 is 0 Å². The second-order valence-corrected chi connectivity index (χ2v) is 9.28. The summed E-state index contributed by atoms with van der Waals surface area (Å²) in [5.74, 6) is 1.72. The minimum absolute atomic E-state index is 0.0742. The fourth-order valence-electron chi connectivity index (χ4n) is 3.81. The molecule has 2 heterocycles. The minimum atomic E-state index is 0.0742. The van der Waals surface area contributed by atoms with Gasteiger partial charge in [0.05, 0.1) is 24.9 Å². The van der Waals surface area contributed by atoms with Crippen LogP contribution in [0.3, 0.4) is 0 Å². The number of guanidine groups is 1. The quantitative estimate of drug-likeness (QED) is 0.396. The summed E-state index contributed by atoms with van der Waals surface area (Å²) in [6.07, 6.45) is 4.28. The van der Waals surface area contributed by atoms with Gasteiger partial charge in [0, 0.05) is 17.5 Å². The van der Waals surface area contributed by atoms with Gasteiger partial charge in [-0.05, 0) is 59.4 Å². The van der Waals surface area contributed by atoms with Crippen molar-refractivity contribution in [2.45, 2.75) is 34.1 Å². The van der Waals surface area contributed by atoms with Gasteiger partial charge < -0.3 is 15.4 Å². The van der Waals surface area contributed by atoms with Gasteiger partial charge in [0.2, 0.25) is 0 Å². The van der Waals surface area contributed by atoms with Crippen LogP contribution in [-0.4, -0.2) is 35.4 Å². The summed E-state index contributed by atoms with van der Waals surface area (Å²) in [5.41, 5.74) is 6.12. The number of methoxy groups -OCH3 is 1. The van der Waals surface area contributed by atoms with Crippen molar-refractivity contribution in [3.63, 3.8) is 0 Å². The third-order valence-corrected chi connectivity index (χ3v) is 5.75. The Morgan fingerprint density at radius 3 is 2.67 bits per heavy atom. The topological polar surface area (TPSA) is 95.3 Å². The Labute approximate surface area is 194 Å². The molecule has 7 heteroatoms. The molecule has 0 saturated carbocycles. The lowest BCUT2D eigenvalue weighted by molar-refractivity contribution is 0.412. The molecule has 1 aromatic heterocycles. The Morgan fingerprint density at radius 2 is 1.94 bits per heavy atom. The van der Waals surface area contributed by atoms with E-state index in [1.54, 1.807) is 13.4 Å². The summed E-state index contributed by atoms with van der Waals surface area (Å²) in [6, 6.07) is 12.0. The van der Waals surface area contributed by atoms with Gasteiger partial charge in [-0.3, -0.25) is 10.4 Å². The summed E-state index contributed by atoms with van der Waals surface area (Å²) < 4.78 is 5.49. The van der Waals surface area contributed by atoms with E-state index in [2.05, 4.69) is 52.4 Å². The van der Waals surface area contributed by atoms with Crippen molar-refractivity contribution in [3.05, 3.63) is 71.2 Å². The van der Waals surface area contributed by atoms with Crippen molar-refractivity contribution in [2.24, 2.45) is 10.4 Å². The summed E-state index contributed by atoms with van der Waals surface area (Å²) in [4.78, 5) is 13.4. The molecule has 1 aliphatic rings. The molecule has 7 nitrogen and oxygen atoms in total. The molecular weight excluding hydrogens is 412 g/mol. The van der Waals surface area contributed by atoms with Crippen molar-refractivity contribution in [1.29, 1.82) is 5.41 Å². The molecule has 0 amide bonds. The molecule has 1 aliphatic heterocycles. The largest absolute Gasteiger partial charge is 0.496 e. The zero-order chi connectivity index (χ0) is 23.6. The van der Waals surface area contributed by atoms with Crippen LogP contribution < -0.4 is 15.4 Å². The predicted octanol–water partition coefficient (Wildman–Crippen LogP) is 4.86. The number of aliphatic imine (C=N–C) groups is 1. The Morgan fingerprint density at radius 1 is 1.12 bits per heavy atom. The lowest BCUT2D eigenvalue weighted by atomic mass is 9.87. The highest BCUT2D eigenvalue weighted by Gasteiger charge is 2.21. The number of rotatable bonds is 4. The number of nitrogens with one attached hydrogen (secondary N) is 3. The highest BCUT2D eigenvalue weighted by molar-refractivity contribution is 6.09. The first-order valence-electron chi connectivity index (χ1n) is 11.0. The first-order valence-corrected chi connectivity index (χ1v) is 11.0. The Hall–Kier alpha value is -3.74. The highest BCUT2D eigenvalue weighted by atomic mass is 16.5. The number of aromatic nitrogens is 2. The molecule has 4 rings (SSSR count). The maximum atomic E-state index is 8.31. The van der Waals surface area contributed by atoms with Gasteiger partial charge in [-0.25, -0.2) is 9.97 Å². The van der Waals surface area contributed by atoms with Crippen LogP contribution in [0.4, 0.5) is 5.69 Å². The lowest BCUT2D eigenvalue weighted by Crippen LogP contribution is -2.33. The fourth-order valence-corrected chi connectivity index (χ4v) is 3.81. The summed E-state index contributed by atoms with van der Waals surface area (Å²) >= 11 is 0. The maximum Gasteiger partial charge on any atom is 0.198 e. The summed E-state index contributed by atoms with van der Waals surface area (Å²) in [7, 11) is 1.67. The highest BCUT2D eigenvalue weighted by Crippen LogP contribution is 2.28. The van der Waals surface area contributed by atoms with Crippen molar-refractivity contribution in [2.75, 3.05) is 19.0 Å². The fraction of sp³-hybridized carbons (Fsp3) is 0.308. The van der Waals surface area contributed by atoms with E-state index in [0.717, 1.165) is 39.2 Å². The van der Waals surface area contributed by atoms with Crippen LogP contribution in [0.1, 0.15) is 37.6 Å². The summed E-state index contributed by atoms with van der Waals surface area (Å²) in [6.45, 7) is 9.19. The number of fused-ring (bicyclic) bond motifs is 1. The van der Waals surface area contributed by atoms with Gasteiger partial charge in [-0.1, -0.05) is 32.9 Å². The molecule has 0 spiro atoms. The van der Waals surface area contributed by atoms with E-state index in [-0.39, 0.29) is 11.4 Å². The smallest absolute Gasteiger partial charge is 0.198 e. The van der Waals surface area contributed by atoms with Gasteiger partial charge >= 0.3 is 0 Å². The zero-order valence-corrected chi connectivity index (χ0v) is 19.8. The maximum absolute atomic E-state index is 8.31. The van der Waals surface area contributed by atoms with Crippen LogP contribution in [-0.2, 0) is 6.42 Å². The monoisotopic (exact) mass is 442 g/mol.